The first-order valence-electron chi connectivity index (χ1n) is 4.06. The largest absolute Gasteiger partial charge is 0.411 e. The van der Waals surface area contributed by atoms with Crippen molar-refractivity contribution >= 4 is 5.71 Å². The molecule has 0 aliphatic rings. The quantitative estimate of drug-likeness (QED) is 0.405. The number of hydrogen-bond acceptors (Lipinski definition) is 2. The van der Waals surface area contributed by atoms with E-state index in [1.807, 2.05) is 24.3 Å². The van der Waals surface area contributed by atoms with Crippen LogP contribution in [0.4, 0.5) is 0 Å². The molecule has 0 aliphatic heterocycles. The molecule has 2 heteroatoms. The lowest BCUT2D eigenvalue weighted by atomic mass is 10.0. The van der Waals surface area contributed by atoms with Crippen LogP contribution in [0.1, 0.15) is 25.0 Å². The molecular formula is C10H13NO. The number of benzene rings is 1. The van der Waals surface area contributed by atoms with Crippen LogP contribution in [0, 0.1) is 0 Å². The lowest BCUT2D eigenvalue weighted by molar-refractivity contribution is 0.319. The summed E-state index contributed by atoms with van der Waals surface area (Å²) in [4.78, 5) is 0. The Kier molecular flexibility index (Phi) is 2.86. The third kappa shape index (κ3) is 1.64. The maximum atomic E-state index is 8.60. The smallest absolute Gasteiger partial charge is 0.0839 e. The van der Waals surface area contributed by atoms with Crippen LogP contribution in [0.2, 0.25) is 0 Å². The van der Waals surface area contributed by atoms with E-state index in [0.29, 0.717) is 5.71 Å². The van der Waals surface area contributed by atoms with Gasteiger partial charge >= 0.3 is 0 Å². The van der Waals surface area contributed by atoms with Gasteiger partial charge in [0.2, 0.25) is 0 Å². The normalized spacial score (nSPS) is 11.7. The second kappa shape index (κ2) is 3.90. The zero-order valence-electron chi connectivity index (χ0n) is 7.41. The van der Waals surface area contributed by atoms with Crippen LogP contribution in [-0.2, 0) is 6.42 Å². The fourth-order valence-corrected chi connectivity index (χ4v) is 1.24. The molecule has 0 saturated heterocycles. The second-order valence-corrected chi connectivity index (χ2v) is 2.70. The molecule has 0 radical (unpaired) electrons. The average Bonchev–Trinajstić information content (AvgIpc) is 2.16. The Morgan fingerprint density at radius 1 is 1.42 bits per heavy atom. The van der Waals surface area contributed by atoms with Crippen LogP contribution in [-0.4, -0.2) is 10.9 Å². The summed E-state index contributed by atoms with van der Waals surface area (Å²) in [6.07, 6.45) is 0.961. The van der Waals surface area contributed by atoms with Gasteiger partial charge in [0.05, 0.1) is 5.71 Å². The molecule has 1 N–H and O–H groups in total. The number of aryl methyl sites for hydroxylation is 1. The molecule has 1 aromatic carbocycles. The summed E-state index contributed by atoms with van der Waals surface area (Å²) in [5.41, 5.74) is 2.92. The summed E-state index contributed by atoms with van der Waals surface area (Å²) < 4.78 is 0. The first-order chi connectivity index (χ1) is 5.79. The van der Waals surface area contributed by atoms with Crippen molar-refractivity contribution in [2.24, 2.45) is 5.16 Å². The molecule has 0 aliphatic carbocycles. The van der Waals surface area contributed by atoms with Crippen molar-refractivity contribution < 1.29 is 5.21 Å². The summed E-state index contributed by atoms with van der Waals surface area (Å²) >= 11 is 0. The summed E-state index contributed by atoms with van der Waals surface area (Å²) in [7, 11) is 0. The molecule has 0 atom stereocenters. The van der Waals surface area contributed by atoms with Gasteiger partial charge in [0.25, 0.3) is 0 Å². The van der Waals surface area contributed by atoms with Crippen LogP contribution in [0.15, 0.2) is 29.4 Å². The standard InChI is InChI=1S/C10H13NO/c1-3-9-6-4-5-7-10(9)8(2)11-12/h4-7,12H,3H2,1-2H3/b11-8+. The molecular weight excluding hydrogens is 150 g/mol. The topological polar surface area (TPSA) is 32.6 Å². The minimum Gasteiger partial charge on any atom is -0.411 e. The fourth-order valence-electron chi connectivity index (χ4n) is 1.24. The molecule has 2 nitrogen and oxygen atoms in total. The molecule has 0 saturated carbocycles. The van der Waals surface area contributed by atoms with E-state index < -0.39 is 0 Å². The van der Waals surface area contributed by atoms with E-state index in [0.717, 1.165) is 12.0 Å². The predicted octanol–water partition coefficient (Wildman–Crippen LogP) is 2.45. The van der Waals surface area contributed by atoms with Crippen LogP contribution in [0.25, 0.3) is 0 Å². The molecule has 12 heavy (non-hydrogen) atoms. The highest BCUT2D eigenvalue weighted by Crippen LogP contribution is 2.10. The predicted molar refractivity (Wildman–Crippen MR) is 49.8 cm³/mol. The van der Waals surface area contributed by atoms with Gasteiger partial charge in [0.1, 0.15) is 0 Å². The van der Waals surface area contributed by atoms with E-state index in [9.17, 15) is 0 Å². The number of nitrogens with zero attached hydrogens (tertiary/aromatic N) is 1. The van der Waals surface area contributed by atoms with Crippen molar-refractivity contribution in [3.63, 3.8) is 0 Å². The Labute approximate surface area is 72.5 Å². The van der Waals surface area contributed by atoms with Crippen LogP contribution in [0.5, 0.6) is 0 Å². The molecule has 0 aromatic heterocycles. The van der Waals surface area contributed by atoms with Gasteiger partial charge in [0.15, 0.2) is 0 Å². The van der Waals surface area contributed by atoms with Crippen LogP contribution in [0.3, 0.4) is 0 Å². The second-order valence-electron chi connectivity index (χ2n) is 2.70. The highest BCUT2D eigenvalue weighted by Gasteiger charge is 2.01. The zero-order valence-corrected chi connectivity index (χ0v) is 7.41. The molecule has 64 valence electrons. The minimum absolute atomic E-state index is 0.674. The summed E-state index contributed by atoms with van der Waals surface area (Å²) in [5.74, 6) is 0. The Hall–Kier alpha value is -1.31. The van der Waals surface area contributed by atoms with Gasteiger partial charge in [-0.1, -0.05) is 36.3 Å². The van der Waals surface area contributed by atoms with Gasteiger partial charge < -0.3 is 5.21 Å². The van der Waals surface area contributed by atoms with Gasteiger partial charge in [-0.05, 0) is 18.9 Å². The van der Waals surface area contributed by atoms with Crippen molar-refractivity contribution in [3.8, 4) is 0 Å². The third-order valence-electron chi connectivity index (χ3n) is 1.94. The fraction of sp³-hybridized carbons (Fsp3) is 0.300. The molecule has 0 bridgehead atoms. The van der Waals surface area contributed by atoms with E-state index in [4.69, 9.17) is 5.21 Å². The molecule has 1 aromatic rings. The summed E-state index contributed by atoms with van der Waals surface area (Å²) in [6, 6.07) is 7.95. The van der Waals surface area contributed by atoms with E-state index >= 15 is 0 Å². The Balaban J connectivity index is 3.13. The van der Waals surface area contributed by atoms with Crippen molar-refractivity contribution in [2.45, 2.75) is 20.3 Å². The summed E-state index contributed by atoms with van der Waals surface area (Å²) in [6.45, 7) is 3.89. The van der Waals surface area contributed by atoms with Crippen molar-refractivity contribution in [1.29, 1.82) is 0 Å². The highest BCUT2D eigenvalue weighted by molar-refractivity contribution is 5.99. The van der Waals surface area contributed by atoms with Crippen LogP contribution >= 0.6 is 0 Å². The number of rotatable bonds is 2. The van der Waals surface area contributed by atoms with Crippen LogP contribution < -0.4 is 0 Å². The Morgan fingerprint density at radius 2 is 2.08 bits per heavy atom. The third-order valence-corrected chi connectivity index (χ3v) is 1.94. The van der Waals surface area contributed by atoms with Crippen molar-refractivity contribution in [3.05, 3.63) is 35.4 Å². The Bertz CT molecular complexity index is 292. The number of oxime groups is 1. The maximum Gasteiger partial charge on any atom is 0.0839 e. The molecule has 0 amide bonds. The van der Waals surface area contributed by atoms with Crippen molar-refractivity contribution in [2.75, 3.05) is 0 Å². The molecule has 0 heterocycles. The molecule has 1 rings (SSSR count). The lowest BCUT2D eigenvalue weighted by Crippen LogP contribution is -1.99. The van der Waals surface area contributed by atoms with E-state index in [1.165, 1.54) is 5.56 Å². The maximum absolute atomic E-state index is 8.60. The molecule has 0 fully saturated rings. The van der Waals surface area contributed by atoms with E-state index in [2.05, 4.69) is 12.1 Å². The first kappa shape index (κ1) is 8.78. The first-order valence-corrected chi connectivity index (χ1v) is 4.06. The molecule has 0 unspecified atom stereocenters. The number of hydrogen-bond donors (Lipinski definition) is 1. The van der Waals surface area contributed by atoms with Gasteiger partial charge in [-0.2, -0.15) is 0 Å². The van der Waals surface area contributed by atoms with Gasteiger partial charge in [-0.25, -0.2) is 0 Å². The molecule has 0 spiro atoms. The zero-order chi connectivity index (χ0) is 8.97. The lowest BCUT2D eigenvalue weighted by Gasteiger charge is -2.04. The minimum atomic E-state index is 0.674. The highest BCUT2D eigenvalue weighted by atomic mass is 16.4. The monoisotopic (exact) mass is 163 g/mol. The van der Waals surface area contributed by atoms with E-state index in [-0.39, 0.29) is 0 Å². The average molecular weight is 163 g/mol. The SMILES string of the molecule is CCc1ccccc1/C(C)=N/O. The van der Waals surface area contributed by atoms with Crippen molar-refractivity contribution in [1.82, 2.24) is 0 Å². The van der Waals surface area contributed by atoms with E-state index in [1.54, 1.807) is 6.92 Å². The summed E-state index contributed by atoms with van der Waals surface area (Å²) in [5, 5.41) is 11.8. The van der Waals surface area contributed by atoms with Gasteiger partial charge in [-0.3, -0.25) is 0 Å². The van der Waals surface area contributed by atoms with Gasteiger partial charge in [-0.15, -0.1) is 0 Å². The Morgan fingerprint density at radius 3 is 2.67 bits per heavy atom. The van der Waals surface area contributed by atoms with Gasteiger partial charge in [0, 0.05) is 5.56 Å².